The minimum absolute atomic E-state index is 0.0362. The second-order valence-corrected chi connectivity index (χ2v) is 7.80. The molecule has 3 heterocycles. The number of anilines is 1. The molecule has 1 saturated heterocycles. The maximum Gasteiger partial charge on any atom is 0.417 e. The second-order valence-electron chi connectivity index (χ2n) is 7.80. The third-order valence-corrected chi connectivity index (χ3v) is 5.53. The molecule has 5 rings (SSSR count). The van der Waals surface area contributed by atoms with Gasteiger partial charge in [-0.3, -0.25) is 4.79 Å². The molecule has 0 radical (unpaired) electrons. The number of hydrogen-bond donors (Lipinski definition) is 2. The van der Waals surface area contributed by atoms with Gasteiger partial charge in [0.2, 0.25) is 11.9 Å². The predicted molar refractivity (Wildman–Crippen MR) is 113 cm³/mol. The molecule has 11 heteroatoms. The molecule has 0 saturated carbocycles. The van der Waals surface area contributed by atoms with Gasteiger partial charge in [0.05, 0.1) is 16.5 Å². The van der Waals surface area contributed by atoms with Crippen molar-refractivity contribution in [3.63, 3.8) is 0 Å². The molecule has 2 aromatic carbocycles. The smallest absolute Gasteiger partial charge is 0.354 e. The zero-order valence-electron chi connectivity index (χ0n) is 17.2. The lowest BCUT2D eigenvalue weighted by atomic mass is 10.1. The van der Waals surface area contributed by atoms with Crippen LogP contribution < -0.4 is 10.6 Å². The number of halogens is 4. The van der Waals surface area contributed by atoms with Crippen molar-refractivity contribution in [2.45, 2.75) is 31.5 Å². The summed E-state index contributed by atoms with van der Waals surface area (Å²) in [6.07, 6.45) is -2.51. The Morgan fingerprint density at radius 3 is 2.70 bits per heavy atom. The Kier molecular flexibility index (Phi) is 5.10. The molecule has 4 aromatic rings. The van der Waals surface area contributed by atoms with Crippen LogP contribution in [0, 0.1) is 5.82 Å². The Morgan fingerprint density at radius 1 is 1.09 bits per heavy atom. The summed E-state index contributed by atoms with van der Waals surface area (Å²) in [6, 6.07) is 8.49. The Morgan fingerprint density at radius 2 is 1.91 bits per heavy atom. The lowest BCUT2D eigenvalue weighted by Crippen LogP contribution is -2.38. The van der Waals surface area contributed by atoms with Crippen molar-refractivity contribution in [2.24, 2.45) is 0 Å². The quantitative estimate of drug-likeness (QED) is 0.450. The van der Waals surface area contributed by atoms with Crippen molar-refractivity contribution >= 4 is 28.4 Å². The third kappa shape index (κ3) is 3.94. The van der Waals surface area contributed by atoms with E-state index in [-0.39, 0.29) is 34.2 Å². The van der Waals surface area contributed by atoms with Crippen molar-refractivity contribution in [3.05, 3.63) is 53.8 Å². The Hall–Kier alpha value is -3.76. The van der Waals surface area contributed by atoms with E-state index in [1.807, 2.05) is 0 Å². The van der Waals surface area contributed by atoms with Crippen LogP contribution in [0.5, 0.6) is 0 Å². The van der Waals surface area contributed by atoms with Gasteiger partial charge in [-0.05, 0) is 43.5 Å². The lowest BCUT2D eigenvalue weighted by molar-refractivity contribution is -0.136. The van der Waals surface area contributed by atoms with Crippen molar-refractivity contribution in [3.8, 4) is 11.4 Å². The molecule has 1 atom stereocenters. The van der Waals surface area contributed by atoms with Crippen LogP contribution in [0.2, 0.25) is 0 Å². The average Bonchev–Trinajstić information content (AvgIpc) is 3.13. The fourth-order valence-corrected chi connectivity index (χ4v) is 3.96. The molecule has 0 bridgehead atoms. The van der Waals surface area contributed by atoms with E-state index in [2.05, 4.69) is 25.7 Å². The molecular formula is C22H18F4N6O. The summed E-state index contributed by atoms with van der Waals surface area (Å²) in [5.41, 5.74) is -0.653. The van der Waals surface area contributed by atoms with Crippen molar-refractivity contribution in [1.29, 1.82) is 0 Å². The van der Waals surface area contributed by atoms with E-state index in [1.165, 1.54) is 30.3 Å². The molecule has 1 fully saturated rings. The molecule has 1 amide bonds. The molecule has 2 aromatic heterocycles. The number of hydrogen-bond acceptors (Lipinski definition) is 5. The van der Waals surface area contributed by atoms with Gasteiger partial charge in [0, 0.05) is 12.1 Å². The molecule has 2 N–H and O–H groups in total. The van der Waals surface area contributed by atoms with Gasteiger partial charge >= 0.3 is 6.18 Å². The van der Waals surface area contributed by atoms with Gasteiger partial charge in [0.15, 0.2) is 11.5 Å². The fraction of sp³-hybridized carbons (Fsp3) is 0.273. The third-order valence-electron chi connectivity index (χ3n) is 5.53. The first-order valence-electron chi connectivity index (χ1n) is 10.4. The largest absolute Gasteiger partial charge is 0.417 e. The van der Waals surface area contributed by atoms with Gasteiger partial charge in [-0.1, -0.05) is 18.2 Å². The van der Waals surface area contributed by atoms with Crippen LogP contribution in [-0.4, -0.2) is 38.1 Å². The van der Waals surface area contributed by atoms with Crippen LogP contribution in [0.1, 0.15) is 24.8 Å². The molecule has 33 heavy (non-hydrogen) atoms. The van der Waals surface area contributed by atoms with Crippen LogP contribution >= 0.6 is 0 Å². The van der Waals surface area contributed by atoms with Crippen LogP contribution in [0.25, 0.3) is 27.9 Å². The van der Waals surface area contributed by atoms with Crippen molar-refractivity contribution in [2.75, 3.05) is 11.9 Å². The van der Waals surface area contributed by atoms with Crippen molar-refractivity contribution < 1.29 is 22.4 Å². The van der Waals surface area contributed by atoms with Gasteiger partial charge in [0.1, 0.15) is 11.9 Å². The summed E-state index contributed by atoms with van der Waals surface area (Å²) in [7, 11) is 0. The number of aromatic nitrogens is 4. The number of nitrogens with one attached hydrogen (secondary N) is 2. The Balaban J connectivity index is 1.75. The second kappa shape index (κ2) is 7.98. The minimum atomic E-state index is -4.65. The van der Waals surface area contributed by atoms with E-state index in [1.54, 1.807) is 6.07 Å². The number of amides is 1. The van der Waals surface area contributed by atoms with E-state index >= 15 is 0 Å². The van der Waals surface area contributed by atoms with Gasteiger partial charge in [-0.15, -0.1) is 5.10 Å². The topological polar surface area (TPSA) is 84.2 Å². The van der Waals surface area contributed by atoms with Gasteiger partial charge in [-0.2, -0.15) is 17.7 Å². The lowest BCUT2D eigenvalue weighted by Gasteiger charge is -2.17. The number of rotatable bonds is 3. The van der Waals surface area contributed by atoms with Gasteiger partial charge in [0.25, 0.3) is 0 Å². The first kappa shape index (κ1) is 21.1. The number of alkyl halides is 3. The van der Waals surface area contributed by atoms with Crippen LogP contribution in [0.4, 0.5) is 23.5 Å². The van der Waals surface area contributed by atoms with E-state index in [0.717, 1.165) is 23.4 Å². The highest BCUT2D eigenvalue weighted by Crippen LogP contribution is 2.37. The predicted octanol–water partition coefficient (Wildman–Crippen LogP) is 4.18. The summed E-state index contributed by atoms with van der Waals surface area (Å²) < 4.78 is 56.3. The summed E-state index contributed by atoms with van der Waals surface area (Å²) in [4.78, 5) is 21.1. The SMILES string of the molecule is O=C1NCCCC[C@H]1Nc1nc2cccc(C(F)(F)F)c2c2nc(-c3cccc(F)c3)nn12. The molecule has 7 nitrogen and oxygen atoms in total. The zero-order chi connectivity index (χ0) is 23.2. The maximum absolute atomic E-state index is 13.8. The summed E-state index contributed by atoms with van der Waals surface area (Å²) in [5, 5.41) is 9.92. The highest BCUT2D eigenvalue weighted by Gasteiger charge is 2.35. The summed E-state index contributed by atoms with van der Waals surface area (Å²) in [5.74, 6) is -0.640. The Bertz CT molecular complexity index is 1370. The molecular weight excluding hydrogens is 440 g/mol. The highest BCUT2D eigenvalue weighted by molar-refractivity contribution is 5.96. The number of carbonyl (C=O) groups is 1. The monoisotopic (exact) mass is 458 g/mol. The molecule has 1 aliphatic rings. The van der Waals surface area contributed by atoms with E-state index in [9.17, 15) is 22.4 Å². The first-order valence-corrected chi connectivity index (χ1v) is 10.4. The Labute approximate surface area is 184 Å². The van der Waals surface area contributed by atoms with E-state index in [0.29, 0.717) is 18.5 Å². The molecule has 0 aliphatic carbocycles. The zero-order valence-corrected chi connectivity index (χ0v) is 17.2. The first-order chi connectivity index (χ1) is 15.8. The highest BCUT2D eigenvalue weighted by atomic mass is 19.4. The average molecular weight is 458 g/mol. The van der Waals surface area contributed by atoms with E-state index < -0.39 is 23.6 Å². The summed E-state index contributed by atoms with van der Waals surface area (Å²) >= 11 is 0. The van der Waals surface area contributed by atoms with Crippen LogP contribution in [0.15, 0.2) is 42.5 Å². The number of nitrogens with zero attached hydrogens (tertiary/aromatic N) is 4. The number of benzene rings is 2. The minimum Gasteiger partial charge on any atom is -0.354 e. The van der Waals surface area contributed by atoms with Crippen LogP contribution in [0.3, 0.4) is 0 Å². The number of carbonyl (C=O) groups excluding carboxylic acids is 1. The number of fused-ring (bicyclic) bond motifs is 3. The summed E-state index contributed by atoms with van der Waals surface area (Å²) in [6.45, 7) is 0.555. The molecule has 0 spiro atoms. The molecule has 170 valence electrons. The molecule has 0 unspecified atom stereocenters. The fourth-order valence-electron chi connectivity index (χ4n) is 3.96. The van der Waals surface area contributed by atoms with Crippen LogP contribution in [-0.2, 0) is 11.0 Å². The maximum atomic E-state index is 13.8. The van der Waals surface area contributed by atoms with Crippen molar-refractivity contribution in [1.82, 2.24) is 24.9 Å². The van der Waals surface area contributed by atoms with E-state index in [4.69, 9.17) is 0 Å². The van der Waals surface area contributed by atoms with Gasteiger partial charge < -0.3 is 10.6 Å². The van der Waals surface area contributed by atoms with Gasteiger partial charge in [-0.25, -0.2) is 14.4 Å². The molecule has 1 aliphatic heterocycles. The normalized spacial score (nSPS) is 17.2. The standard InChI is InChI=1S/C22H18F4N6O/c23-13-6-3-5-12(11-13)18-30-19-17-14(22(24,25)26)7-4-9-15(17)28-21(32(19)31-18)29-16-8-1-2-10-27-20(16)33/h3-7,9,11,16H,1-2,8,10H2,(H,27,33)(H,28,29)/t16-/m1/s1.